The molecule has 0 aromatic rings. The normalized spacial score (nSPS) is 48.6. The Balaban J connectivity index is 1.40. The van der Waals surface area contributed by atoms with Gasteiger partial charge in [0.2, 0.25) is 11.8 Å². The van der Waals surface area contributed by atoms with Gasteiger partial charge in [-0.25, -0.2) is 0 Å². The number of nitrogens with one attached hydrogen (secondary N) is 1. The van der Waals surface area contributed by atoms with Crippen LogP contribution in [0.1, 0.15) is 64.7 Å². The van der Waals surface area contributed by atoms with Crippen LogP contribution in [0.4, 0.5) is 0 Å². The second-order valence-corrected chi connectivity index (χ2v) is 9.86. The Bertz CT molecular complexity index is 560. The van der Waals surface area contributed by atoms with Crippen molar-refractivity contribution in [2.45, 2.75) is 70.3 Å². The van der Waals surface area contributed by atoms with Crippen molar-refractivity contribution in [3.8, 4) is 0 Å². The number of amides is 2. The minimum Gasteiger partial charge on any atom is -0.351 e. The Hall–Kier alpha value is -1.06. The van der Waals surface area contributed by atoms with Gasteiger partial charge in [0.05, 0.1) is 5.41 Å². The highest BCUT2D eigenvalue weighted by Gasteiger charge is 2.62. The highest BCUT2D eigenvalue weighted by molar-refractivity contribution is 5.84. The van der Waals surface area contributed by atoms with Gasteiger partial charge in [0.25, 0.3) is 0 Å². The van der Waals surface area contributed by atoms with Crippen LogP contribution in [0.3, 0.4) is 0 Å². The van der Waals surface area contributed by atoms with Crippen LogP contribution in [0.25, 0.3) is 0 Å². The molecule has 4 unspecified atom stereocenters. The van der Waals surface area contributed by atoms with E-state index in [4.69, 9.17) is 0 Å². The first-order valence-corrected chi connectivity index (χ1v) is 10.1. The predicted octanol–water partition coefficient (Wildman–Crippen LogP) is 2.72. The summed E-state index contributed by atoms with van der Waals surface area (Å²) in [5, 5.41) is 3.29. The Labute approximate surface area is 144 Å². The van der Waals surface area contributed by atoms with Crippen LogP contribution < -0.4 is 5.32 Å². The largest absolute Gasteiger partial charge is 0.351 e. The van der Waals surface area contributed by atoms with Gasteiger partial charge in [-0.2, -0.15) is 0 Å². The van der Waals surface area contributed by atoms with Gasteiger partial charge in [0.1, 0.15) is 0 Å². The molecule has 0 spiro atoms. The third-order valence-corrected chi connectivity index (χ3v) is 7.97. The molecule has 1 N–H and O–H groups in total. The lowest BCUT2D eigenvalue weighted by atomic mass is 9.46. The molecule has 4 heteroatoms. The first kappa shape index (κ1) is 15.2. The Morgan fingerprint density at radius 3 is 2.21 bits per heavy atom. The number of hydrogen-bond acceptors (Lipinski definition) is 2. The minimum absolute atomic E-state index is 0.0789. The molecule has 1 heterocycles. The van der Waals surface area contributed by atoms with E-state index in [0.29, 0.717) is 17.7 Å². The highest BCUT2D eigenvalue weighted by atomic mass is 16.2. The van der Waals surface area contributed by atoms with E-state index in [1.54, 1.807) is 6.92 Å². The summed E-state index contributed by atoms with van der Waals surface area (Å²) in [5.74, 6) is 3.35. The van der Waals surface area contributed by atoms with Crippen molar-refractivity contribution in [1.29, 1.82) is 0 Å². The van der Waals surface area contributed by atoms with Gasteiger partial charge >= 0.3 is 0 Å². The first-order chi connectivity index (χ1) is 11.5. The van der Waals surface area contributed by atoms with E-state index >= 15 is 0 Å². The summed E-state index contributed by atoms with van der Waals surface area (Å²) in [6.07, 6.45) is 10.5. The van der Waals surface area contributed by atoms with Crippen LogP contribution in [0.15, 0.2) is 0 Å². The number of carbonyl (C=O) groups excluding carboxylic acids is 2. The quantitative estimate of drug-likeness (QED) is 0.846. The molecule has 24 heavy (non-hydrogen) atoms. The molecule has 5 saturated carbocycles. The van der Waals surface area contributed by atoms with E-state index in [2.05, 4.69) is 10.2 Å². The van der Waals surface area contributed by atoms with Crippen LogP contribution in [-0.4, -0.2) is 35.3 Å². The zero-order valence-corrected chi connectivity index (χ0v) is 14.9. The second kappa shape index (κ2) is 4.98. The van der Waals surface area contributed by atoms with Gasteiger partial charge in [0, 0.05) is 25.6 Å². The molecule has 0 radical (unpaired) electrons. The molecule has 132 valence electrons. The fourth-order valence-electron chi connectivity index (χ4n) is 7.77. The fraction of sp³-hybridized carbons (Fsp3) is 0.900. The summed E-state index contributed by atoms with van der Waals surface area (Å²) in [6.45, 7) is 3.65. The summed E-state index contributed by atoms with van der Waals surface area (Å²) in [6, 6.07) is 0. The molecule has 5 aliphatic carbocycles. The predicted molar refractivity (Wildman–Crippen MR) is 91.1 cm³/mol. The van der Waals surface area contributed by atoms with Crippen molar-refractivity contribution >= 4 is 11.8 Å². The van der Waals surface area contributed by atoms with E-state index in [-0.39, 0.29) is 16.9 Å². The molecule has 6 aliphatic rings. The number of rotatable bonds is 2. The van der Waals surface area contributed by atoms with E-state index in [1.807, 2.05) is 0 Å². The van der Waals surface area contributed by atoms with Gasteiger partial charge < -0.3 is 10.2 Å². The third-order valence-electron chi connectivity index (χ3n) is 7.97. The van der Waals surface area contributed by atoms with Crippen LogP contribution >= 0.6 is 0 Å². The molecule has 1 saturated heterocycles. The first-order valence-electron chi connectivity index (χ1n) is 10.1. The van der Waals surface area contributed by atoms with E-state index in [1.165, 1.54) is 25.7 Å². The number of carbonyl (C=O) groups is 2. The molecule has 4 nitrogen and oxygen atoms in total. The number of nitrogens with zero attached hydrogens (tertiary/aromatic N) is 1. The lowest BCUT2D eigenvalue weighted by Crippen LogP contribution is -2.65. The molecule has 0 aromatic carbocycles. The van der Waals surface area contributed by atoms with Crippen LogP contribution in [-0.2, 0) is 9.59 Å². The van der Waals surface area contributed by atoms with Crippen molar-refractivity contribution in [2.24, 2.45) is 29.1 Å². The highest BCUT2D eigenvalue weighted by Crippen LogP contribution is 2.62. The number of fused-ring (bicyclic) bond motifs is 1. The zero-order valence-electron chi connectivity index (χ0n) is 14.9. The van der Waals surface area contributed by atoms with Gasteiger partial charge in [-0.15, -0.1) is 0 Å². The van der Waals surface area contributed by atoms with Crippen molar-refractivity contribution in [3.63, 3.8) is 0 Å². The summed E-state index contributed by atoms with van der Waals surface area (Å²) in [5.41, 5.74) is -0.244. The van der Waals surface area contributed by atoms with Gasteiger partial charge in [-0.05, 0) is 75.0 Å². The van der Waals surface area contributed by atoms with Crippen molar-refractivity contribution < 1.29 is 9.59 Å². The molecule has 4 bridgehead atoms. The lowest BCUT2D eigenvalue weighted by molar-refractivity contribution is -0.162. The molecular weight excluding hydrogens is 300 g/mol. The van der Waals surface area contributed by atoms with E-state index in [9.17, 15) is 9.59 Å². The van der Waals surface area contributed by atoms with Crippen LogP contribution in [0.2, 0.25) is 0 Å². The Kier molecular flexibility index (Phi) is 3.16. The Morgan fingerprint density at radius 1 is 1.00 bits per heavy atom. The van der Waals surface area contributed by atoms with Gasteiger partial charge in [-0.3, -0.25) is 9.59 Å². The van der Waals surface area contributed by atoms with E-state index < -0.39 is 0 Å². The fourth-order valence-corrected chi connectivity index (χ4v) is 7.77. The van der Waals surface area contributed by atoms with Gasteiger partial charge in [0.15, 0.2) is 0 Å². The second-order valence-electron chi connectivity index (χ2n) is 9.86. The summed E-state index contributed by atoms with van der Waals surface area (Å²) in [7, 11) is 0. The lowest BCUT2D eigenvalue weighted by Gasteiger charge is -2.61. The maximum absolute atomic E-state index is 13.6. The van der Waals surface area contributed by atoms with Crippen molar-refractivity contribution in [1.82, 2.24) is 10.2 Å². The average Bonchev–Trinajstić information content (AvgIpc) is 3.04. The molecular formula is C20H30N2O2. The molecule has 0 aromatic heterocycles. The number of hydrogen-bond donors (Lipinski definition) is 1. The molecule has 1 aliphatic heterocycles. The molecule has 2 amide bonds. The monoisotopic (exact) mass is 330 g/mol. The maximum Gasteiger partial charge on any atom is 0.228 e. The smallest absolute Gasteiger partial charge is 0.228 e. The SMILES string of the molecule is CC(=O)NC12CC3CC(C1)CC(C(=O)N1CC4CCCC4C1)(C3)C2. The zero-order chi connectivity index (χ0) is 16.5. The summed E-state index contributed by atoms with van der Waals surface area (Å²) < 4.78 is 0. The number of likely N-dealkylation sites (tertiary alicyclic amines) is 1. The molecule has 6 rings (SSSR count). The standard InChI is InChI=1S/C20H30N2O2/c1-13(23)21-20-8-14-5-15(9-20)7-19(6-14,12-20)18(24)22-10-16-3-2-4-17(16)11-22/h14-17H,2-12H2,1H3,(H,21,23). The molecule has 4 atom stereocenters. The minimum atomic E-state index is -0.162. The molecule has 6 fully saturated rings. The van der Waals surface area contributed by atoms with Gasteiger partial charge in [-0.1, -0.05) is 6.42 Å². The third kappa shape index (κ3) is 2.17. The van der Waals surface area contributed by atoms with Crippen LogP contribution in [0, 0.1) is 29.1 Å². The van der Waals surface area contributed by atoms with Crippen molar-refractivity contribution in [3.05, 3.63) is 0 Å². The average molecular weight is 330 g/mol. The maximum atomic E-state index is 13.6. The van der Waals surface area contributed by atoms with Crippen LogP contribution in [0.5, 0.6) is 0 Å². The van der Waals surface area contributed by atoms with Crippen molar-refractivity contribution in [2.75, 3.05) is 13.1 Å². The Morgan fingerprint density at radius 2 is 1.62 bits per heavy atom. The summed E-state index contributed by atoms with van der Waals surface area (Å²) >= 11 is 0. The topological polar surface area (TPSA) is 49.4 Å². The summed E-state index contributed by atoms with van der Waals surface area (Å²) in [4.78, 5) is 27.6. The van der Waals surface area contributed by atoms with E-state index in [0.717, 1.165) is 57.0 Å².